The Morgan fingerprint density at radius 2 is 1.85 bits per heavy atom. The molecule has 1 saturated carbocycles. The molecule has 110 valence electrons. The van der Waals surface area contributed by atoms with Crippen LogP contribution in [-0.2, 0) is 11.4 Å². The van der Waals surface area contributed by atoms with Gasteiger partial charge in [-0.3, -0.25) is 4.84 Å². The molecule has 1 aromatic carbocycles. The van der Waals surface area contributed by atoms with Crippen molar-refractivity contribution in [3.05, 3.63) is 29.8 Å². The number of ether oxygens (including phenoxy) is 1. The highest BCUT2D eigenvalue weighted by Crippen LogP contribution is 2.37. The van der Waals surface area contributed by atoms with Crippen LogP contribution >= 0.6 is 0 Å². The Morgan fingerprint density at radius 3 is 2.50 bits per heavy atom. The van der Waals surface area contributed by atoms with Gasteiger partial charge in [0.05, 0.1) is 25.9 Å². The van der Waals surface area contributed by atoms with E-state index in [2.05, 4.69) is 0 Å². The number of methoxy groups -OCH3 is 1. The van der Waals surface area contributed by atoms with Gasteiger partial charge in [0.15, 0.2) is 0 Å². The highest BCUT2D eigenvalue weighted by molar-refractivity contribution is 5.27. The van der Waals surface area contributed by atoms with E-state index in [-0.39, 0.29) is 12.0 Å². The molecule has 3 N–H and O–H groups in total. The molecular weight excluding hydrogens is 262 g/mol. The van der Waals surface area contributed by atoms with Gasteiger partial charge in [0, 0.05) is 12.5 Å². The maximum Gasteiger partial charge on any atom is 0.118 e. The lowest BCUT2D eigenvalue weighted by Crippen LogP contribution is -2.40. The molecule has 1 aromatic rings. The van der Waals surface area contributed by atoms with Gasteiger partial charge in [-0.1, -0.05) is 12.1 Å². The van der Waals surface area contributed by atoms with E-state index >= 15 is 0 Å². The summed E-state index contributed by atoms with van der Waals surface area (Å²) in [5.41, 5.74) is 1.01. The summed E-state index contributed by atoms with van der Waals surface area (Å²) in [7, 11) is 1.61. The van der Waals surface area contributed by atoms with Crippen LogP contribution in [0.25, 0.3) is 0 Å². The molecule has 0 unspecified atom stereocenters. The SMILES string of the molecule is COc1ccc(CN2OC[C@@H]3[C@@H](O)[C@H](O)[C@@H](O)[C@@H]32)cc1. The first-order valence-corrected chi connectivity index (χ1v) is 6.68. The number of rotatable bonds is 3. The topological polar surface area (TPSA) is 82.4 Å². The fourth-order valence-corrected chi connectivity index (χ4v) is 3.02. The van der Waals surface area contributed by atoms with E-state index in [0.717, 1.165) is 11.3 Å². The lowest BCUT2D eigenvalue weighted by molar-refractivity contribution is -0.170. The van der Waals surface area contributed by atoms with Gasteiger partial charge in [-0.2, -0.15) is 5.06 Å². The Labute approximate surface area is 117 Å². The summed E-state index contributed by atoms with van der Waals surface area (Å²) in [6.45, 7) is 0.803. The Hall–Kier alpha value is -1.18. The second kappa shape index (κ2) is 5.31. The molecule has 2 fully saturated rings. The number of benzene rings is 1. The minimum atomic E-state index is -1.10. The number of hydroxylamine groups is 2. The summed E-state index contributed by atoms with van der Waals surface area (Å²) in [5, 5.41) is 31.2. The predicted octanol–water partition coefficient (Wildman–Crippen LogP) is -0.477. The molecule has 0 amide bonds. The lowest BCUT2D eigenvalue weighted by Gasteiger charge is -2.25. The maximum atomic E-state index is 10.0. The predicted molar refractivity (Wildman–Crippen MR) is 69.8 cm³/mol. The molecule has 3 rings (SSSR count). The molecule has 0 spiro atoms. The van der Waals surface area contributed by atoms with Gasteiger partial charge in [-0.25, -0.2) is 0 Å². The van der Waals surface area contributed by atoms with Crippen molar-refractivity contribution in [2.75, 3.05) is 13.7 Å². The van der Waals surface area contributed by atoms with Crippen molar-refractivity contribution in [3.63, 3.8) is 0 Å². The van der Waals surface area contributed by atoms with Crippen molar-refractivity contribution in [1.29, 1.82) is 0 Å². The Balaban J connectivity index is 1.72. The maximum absolute atomic E-state index is 10.0. The van der Waals surface area contributed by atoms with E-state index in [1.807, 2.05) is 24.3 Å². The van der Waals surface area contributed by atoms with Crippen molar-refractivity contribution in [3.8, 4) is 5.75 Å². The summed E-state index contributed by atoms with van der Waals surface area (Å²) >= 11 is 0. The van der Waals surface area contributed by atoms with Gasteiger partial charge in [0.25, 0.3) is 0 Å². The molecule has 1 aliphatic heterocycles. The van der Waals surface area contributed by atoms with E-state index in [0.29, 0.717) is 13.2 Å². The second-order valence-corrected chi connectivity index (χ2v) is 5.35. The van der Waals surface area contributed by atoms with Crippen molar-refractivity contribution in [2.24, 2.45) is 5.92 Å². The first kappa shape index (κ1) is 13.8. The average Bonchev–Trinajstić information content (AvgIpc) is 2.97. The molecule has 6 heteroatoms. The minimum absolute atomic E-state index is 0.252. The second-order valence-electron chi connectivity index (χ2n) is 5.35. The van der Waals surface area contributed by atoms with Gasteiger partial charge in [-0.15, -0.1) is 0 Å². The zero-order chi connectivity index (χ0) is 14.3. The summed E-state index contributed by atoms with van der Waals surface area (Å²) in [4.78, 5) is 5.54. The molecular formula is C14H19NO5. The van der Waals surface area contributed by atoms with Crippen LogP contribution in [0.3, 0.4) is 0 Å². The molecule has 0 radical (unpaired) electrons. The van der Waals surface area contributed by atoms with Crippen molar-refractivity contribution in [2.45, 2.75) is 30.9 Å². The molecule has 1 heterocycles. The molecule has 1 aliphatic carbocycles. The largest absolute Gasteiger partial charge is 0.497 e. The molecule has 0 bridgehead atoms. The lowest BCUT2D eigenvalue weighted by atomic mass is 10.0. The van der Waals surface area contributed by atoms with E-state index in [1.165, 1.54) is 0 Å². The highest BCUT2D eigenvalue weighted by Gasteiger charge is 2.55. The number of aliphatic hydroxyl groups is 3. The number of hydrogen-bond acceptors (Lipinski definition) is 6. The summed E-state index contributed by atoms with van der Waals surface area (Å²) in [6.07, 6.45) is -3.03. The van der Waals surface area contributed by atoms with E-state index in [9.17, 15) is 15.3 Å². The van der Waals surface area contributed by atoms with Crippen LogP contribution in [-0.4, -0.2) is 58.5 Å². The zero-order valence-corrected chi connectivity index (χ0v) is 11.2. The molecule has 5 atom stereocenters. The third-order valence-electron chi connectivity index (χ3n) is 4.19. The van der Waals surface area contributed by atoms with Crippen LogP contribution in [0.2, 0.25) is 0 Å². The van der Waals surface area contributed by atoms with Crippen molar-refractivity contribution >= 4 is 0 Å². The number of nitrogens with zero attached hydrogens (tertiary/aromatic N) is 1. The van der Waals surface area contributed by atoms with Crippen molar-refractivity contribution in [1.82, 2.24) is 5.06 Å². The van der Waals surface area contributed by atoms with Crippen molar-refractivity contribution < 1.29 is 24.9 Å². The highest BCUT2D eigenvalue weighted by atomic mass is 16.7. The smallest absolute Gasteiger partial charge is 0.118 e. The summed E-state index contributed by atoms with van der Waals surface area (Å²) in [6, 6.07) is 7.19. The normalized spacial score (nSPS) is 37.1. The Morgan fingerprint density at radius 1 is 1.15 bits per heavy atom. The molecule has 2 aliphatic rings. The monoisotopic (exact) mass is 281 g/mol. The minimum Gasteiger partial charge on any atom is -0.497 e. The third-order valence-corrected chi connectivity index (χ3v) is 4.19. The first-order valence-electron chi connectivity index (χ1n) is 6.68. The van der Waals surface area contributed by atoms with Gasteiger partial charge in [0.1, 0.15) is 18.0 Å². The zero-order valence-electron chi connectivity index (χ0n) is 11.2. The van der Waals surface area contributed by atoms with E-state index < -0.39 is 18.3 Å². The summed E-state index contributed by atoms with van der Waals surface area (Å²) in [5.74, 6) is 0.527. The van der Waals surface area contributed by atoms with Gasteiger partial charge >= 0.3 is 0 Å². The van der Waals surface area contributed by atoms with Crippen LogP contribution in [0.15, 0.2) is 24.3 Å². The van der Waals surface area contributed by atoms with Crippen LogP contribution in [0.4, 0.5) is 0 Å². The standard InChI is InChI=1S/C14H19NO5/c1-19-9-4-2-8(3-5-9)6-15-11-10(7-20-15)12(16)14(18)13(11)17/h2-5,10-14,16-18H,6-7H2,1H3/t10-,11+,12+,13-,14-/m0/s1. The van der Waals surface area contributed by atoms with E-state index in [1.54, 1.807) is 12.2 Å². The number of fused-ring (bicyclic) bond motifs is 1. The van der Waals surface area contributed by atoms with Crippen LogP contribution < -0.4 is 4.74 Å². The fraction of sp³-hybridized carbons (Fsp3) is 0.571. The molecule has 20 heavy (non-hydrogen) atoms. The Kier molecular flexibility index (Phi) is 3.66. The fourth-order valence-electron chi connectivity index (χ4n) is 3.02. The van der Waals surface area contributed by atoms with Crippen LogP contribution in [0, 0.1) is 5.92 Å². The Bertz CT molecular complexity index is 465. The average molecular weight is 281 g/mol. The quantitative estimate of drug-likeness (QED) is 0.694. The van der Waals surface area contributed by atoms with E-state index in [4.69, 9.17) is 9.57 Å². The third kappa shape index (κ3) is 2.19. The molecule has 1 saturated heterocycles. The van der Waals surface area contributed by atoms with Gasteiger partial charge < -0.3 is 20.1 Å². The number of aliphatic hydroxyl groups excluding tert-OH is 3. The van der Waals surface area contributed by atoms with Crippen LogP contribution in [0.5, 0.6) is 5.75 Å². The molecule has 6 nitrogen and oxygen atoms in total. The number of hydrogen-bond donors (Lipinski definition) is 3. The summed E-state index contributed by atoms with van der Waals surface area (Å²) < 4.78 is 5.10. The van der Waals surface area contributed by atoms with Gasteiger partial charge in [-0.05, 0) is 17.7 Å². The first-order chi connectivity index (χ1) is 9.61. The molecule has 0 aromatic heterocycles. The van der Waals surface area contributed by atoms with Crippen LogP contribution in [0.1, 0.15) is 5.56 Å². The van der Waals surface area contributed by atoms with Gasteiger partial charge in [0.2, 0.25) is 0 Å².